The van der Waals surface area contributed by atoms with Gasteiger partial charge in [0.1, 0.15) is 0 Å². The molecule has 0 radical (unpaired) electrons. The van der Waals surface area contributed by atoms with Gasteiger partial charge in [0.05, 0.1) is 6.04 Å². The molecule has 0 saturated heterocycles. The van der Waals surface area contributed by atoms with Crippen LogP contribution in [0.4, 0.5) is 0 Å². The van der Waals surface area contributed by atoms with Gasteiger partial charge in [-0.05, 0) is 24.4 Å². The molecule has 74 valence electrons. The summed E-state index contributed by atoms with van der Waals surface area (Å²) in [7, 11) is 0. The smallest absolute Gasteiger partial charge is 0.0514 e. The molecule has 0 aliphatic carbocycles. The van der Waals surface area contributed by atoms with E-state index in [2.05, 4.69) is 31.2 Å². The van der Waals surface area contributed by atoms with E-state index in [1.165, 1.54) is 20.5 Å². The van der Waals surface area contributed by atoms with Gasteiger partial charge in [0.2, 0.25) is 0 Å². The molecule has 0 saturated carbocycles. The Morgan fingerprint density at radius 3 is 2.86 bits per heavy atom. The average Bonchev–Trinajstić information content (AvgIpc) is 2.59. The van der Waals surface area contributed by atoms with Gasteiger partial charge >= 0.3 is 0 Å². The molecule has 0 unspecified atom stereocenters. The molecule has 0 fully saturated rings. The molecule has 14 heavy (non-hydrogen) atoms. The number of hydrogen-bond acceptors (Lipinski definition) is 3. The molecular formula is C11H14N2S. The second-order valence-corrected chi connectivity index (χ2v) is 4.65. The van der Waals surface area contributed by atoms with Crippen LogP contribution in [0.25, 0.3) is 10.1 Å². The summed E-state index contributed by atoms with van der Waals surface area (Å²) in [6, 6.07) is 8.56. The van der Waals surface area contributed by atoms with E-state index in [1.54, 1.807) is 11.3 Å². The van der Waals surface area contributed by atoms with Crippen molar-refractivity contribution in [3.8, 4) is 0 Å². The fourth-order valence-corrected chi connectivity index (χ4v) is 2.54. The van der Waals surface area contributed by atoms with Crippen molar-refractivity contribution in [2.75, 3.05) is 6.54 Å². The summed E-state index contributed by atoms with van der Waals surface area (Å²) < 4.78 is 1.29. The van der Waals surface area contributed by atoms with Gasteiger partial charge in [0, 0.05) is 16.1 Å². The number of aryl methyl sites for hydroxylation is 1. The fraction of sp³-hybridized carbons (Fsp3) is 0.273. The van der Waals surface area contributed by atoms with Crippen molar-refractivity contribution >= 4 is 21.4 Å². The number of hydrogen-bond donors (Lipinski definition) is 2. The summed E-state index contributed by atoms with van der Waals surface area (Å²) >= 11 is 1.73. The minimum Gasteiger partial charge on any atom is -0.329 e. The van der Waals surface area contributed by atoms with Crippen LogP contribution in [0, 0.1) is 6.92 Å². The molecule has 2 aromatic rings. The van der Waals surface area contributed by atoms with Crippen LogP contribution in [-0.4, -0.2) is 6.54 Å². The minimum absolute atomic E-state index is 0.0206. The maximum Gasteiger partial charge on any atom is 0.0514 e. The number of fused-ring (bicyclic) bond motifs is 1. The highest BCUT2D eigenvalue weighted by atomic mass is 32.1. The van der Waals surface area contributed by atoms with Gasteiger partial charge in [-0.25, -0.2) is 0 Å². The van der Waals surface area contributed by atoms with Gasteiger partial charge in [0.25, 0.3) is 0 Å². The summed E-state index contributed by atoms with van der Waals surface area (Å²) in [6.45, 7) is 2.60. The van der Waals surface area contributed by atoms with E-state index in [0.29, 0.717) is 6.54 Å². The van der Waals surface area contributed by atoms with Gasteiger partial charge in [-0.3, -0.25) is 0 Å². The molecule has 2 rings (SSSR count). The molecule has 0 aliphatic rings. The Morgan fingerprint density at radius 1 is 1.36 bits per heavy atom. The summed E-state index contributed by atoms with van der Waals surface area (Å²) in [6.07, 6.45) is 0. The summed E-state index contributed by atoms with van der Waals surface area (Å²) in [5.74, 6) is 0. The van der Waals surface area contributed by atoms with Crippen LogP contribution < -0.4 is 11.5 Å². The lowest BCUT2D eigenvalue weighted by atomic mass is 10.1. The SMILES string of the molecule is Cc1ccc2sc([C@H](N)CN)cc2c1. The highest BCUT2D eigenvalue weighted by Gasteiger charge is 2.07. The van der Waals surface area contributed by atoms with Crippen molar-refractivity contribution < 1.29 is 0 Å². The lowest BCUT2D eigenvalue weighted by Gasteiger charge is -2.02. The fourth-order valence-electron chi connectivity index (χ4n) is 1.48. The zero-order valence-electron chi connectivity index (χ0n) is 8.16. The van der Waals surface area contributed by atoms with E-state index < -0.39 is 0 Å². The van der Waals surface area contributed by atoms with Gasteiger partial charge < -0.3 is 11.5 Å². The van der Waals surface area contributed by atoms with E-state index in [1.807, 2.05) is 0 Å². The Labute approximate surface area is 87.5 Å². The van der Waals surface area contributed by atoms with E-state index in [0.717, 1.165) is 0 Å². The van der Waals surface area contributed by atoms with E-state index >= 15 is 0 Å². The quantitative estimate of drug-likeness (QED) is 0.791. The monoisotopic (exact) mass is 206 g/mol. The van der Waals surface area contributed by atoms with E-state index in [9.17, 15) is 0 Å². The predicted molar refractivity (Wildman–Crippen MR) is 62.5 cm³/mol. The Hall–Kier alpha value is -0.900. The van der Waals surface area contributed by atoms with Crippen LogP contribution in [0.5, 0.6) is 0 Å². The standard InChI is InChI=1S/C11H14N2S/c1-7-2-3-10-8(4-7)5-11(14-10)9(13)6-12/h2-5,9H,6,12-13H2,1H3/t9-/m1/s1. The lowest BCUT2D eigenvalue weighted by molar-refractivity contribution is 0.752. The average molecular weight is 206 g/mol. The normalized spacial score (nSPS) is 13.4. The molecule has 1 aromatic carbocycles. The Morgan fingerprint density at radius 2 is 2.14 bits per heavy atom. The first-order valence-corrected chi connectivity index (χ1v) is 5.48. The third-order valence-electron chi connectivity index (χ3n) is 2.31. The zero-order valence-corrected chi connectivity index (χ0v) is 8.97. The lowest BCUT2D eigenvalue weighted by Crippen LogP contribution is -2.19. The highest BCUT2D eigenvalue weighted by Crippen LogP contribution is 2.29. The zero-order chi connectivity index (χ0) is 10.1. The molecule has 0 bridgehead atoms. The molecule has 1 heterocycles. The molecule has 1 aromatic heterocycles. The molecule has 1 atom stereocenters. The first-order chi connectivity index (χ1) is 6.70. The van der Waals surface area contributed by atoms with Gasteiger partial charge in [0.15, 0.2) is 0 Å². The Balaban J connectivity index is 2.51. The van der Waals surface area contributed by atoms with Crippen LogP contribution in [0.1, 0.15) is 16.5 Å². The van der Waals surface area contributed by atoms with Gasteiger partial charge in [-0.2, -0.15) is 0 Å². The number of thiophene rings is 1. The summed E-state index contributed by atoms with van der Waals surface area (Å²) in [4.78, 5) is 1.17. The van der Waals surface area contributed by atoms with Crippen molar-refractivity contribution in [1.29, 1.82) is 0 Å². The Bertz CT molecular complexity index is 447. The number of nitrogens with two attached hydrogens (primary N) is 2. The number of benzene rings is 1. The molecule has 3 heteroatoms. The van der Waals surface area contributed by atoms with Crippen molar-refractivity contribution in [2.45, 2.75) is 13.0 Å². The van der Waals surface area contributed by atoms with Crippen molar-refractivity contribution in [3.63, 3.8) is 0 Å². The van der Waals surface area contributed by atoms with E-state index in [-0.39, 0.29) is 6.04 Å². The second-order valence-electron chi connectivity index (χ2n) is 3.53. The van der Waals surface area contributed by atoms with E-state index in [4.69, 9.17) is 11.5 Å². The second kappa shape index (κ2) is 3.69. The summed E-state index contributed by atoms with van der Waals surface area (Å²) in [5, 5.41) is 1.27. The van der Waals surface area contributed by atoms with Crippen molar-refractivity contribution in [2.24, 2.45) is 11.5 Å². The third kappa shape index (κ3) is 1.66. The van der Waals surface area contributed by atoms with Crippen LogP contribution >= 0.6 is 11.3 Å². The van der Waals surface area contributed by atoms with Crippen LogP contribution in [-0.2, 0) is 0 Å². The third-order valence-corrected chi connectivity index (χ3v) is 3.56. The molecule has 0 aliphatic heterocycles. The topological polar surface area (TPSA) is 52.0 Å². The van der Waals surface area contributed by atoms with Gasteiger partial charge in [-0.1, -0.05) is 17.7 Å². The largest absolute Gasteiger partial charge is 0.329 e. The molecule has 2 nitrogen and oxygen atoms in total. The minimum atomic E-state index is -0.0206. The summed E-state index contributed by atoms with van der Waals surface area (Å²) in [5.41, 5.74) is 12.7. The first kappa shape index (κ1) is 9.65. The molecule has 0 spiro atoms. The highest BCUT2D eigenvalue weighted by molar-refractivity contribution is 7.19. The van der Waals surface area contributed by atoms with Gasteiger partial charge in [-0.15, -0.1) is 11.3 Å². The molecule has 0 amide bonds. The predicted octanol–water partition coefficient (Wildman–Crippen LogP) is 2.17. The first-order valence-electron chi connectivity index (χ1n) is 4.66. The maximum absolute atomic E-state index is 5.88. The van der Waals surface area contributed by atoms with Crippen LogP contribution in [0.3, 0.4) is 0 Å². The molecule has 4 N–H and O–H groups in total. The maximum atomic E-state index is 5.88. The van der Waals surface area contributed by atoms with Crippen LogP contribution in [0.15, 0.2) is 24.3 Å². The number of rotatable bonds is 2. The Kier molecular flexibility index (Phi) is 2.54. The van der Waals surface area contributed by atoms with Crippen molar-refractivity contribution in [1.82, 2.24) is 0 Å². The van der Waals surface area contributed by atoms with Crippen LogP contribution in [0.2, 0.25) is 0 Å². The molecular weight excluding hydrogens is 192 g/mol. The van der Waals surface area contributed by atoms with Crippen molar-refractivity contribution in [3.05, 3.63) is 34.7 Å².